The van der Waals surface area contributed by atoms with Crippen LogP contribution in [0.2, 0.25) is 0 Å². The van der Waals surface area contributed by atoms with Gasteiger partial charge in [0, 0.05) is 38.8 Å². The maximum Gasteiger partial charge on any atom is 0.234 e. The predicted molar refractivity (Wildman–Crippen MR) is 97.1 cm³/mol. The van der Waals surface area contributed by atoms with Crippen LogP contribution in [-0.4, -0.2) is 60.1 Å². The molecule has 1 N–H and O–H groups in total. The minimum absolute atomic E-state index is 0.149. The number of carbonyl (C=O) groups is 1. The molecular weight excluding hydrogens is 316 g/mol. The lowest BCUT2D eigenvalue weighted by molar-refractivity contribution is -0.122. The van der Waals surface area contributed by atoms with Gasteiger partial charge in [0.2, 0.25) is 5.91 Å². The van der Waals surface area contributed by atoms with Crippen LogP contribution in [0.25, 0.3) is 0 Å². The van der Waals surface area contributed by atoms with Gasteiger partial charge < -0.3 is 9.84 Å². The molecule has 25 heavy (non-hydrogen) atoms. The molecule has 0 atom stereocenters. The fraction of sp³-hybridized carbons (Fsp3) is 0.684. The molecule has 0 bridgehead atoms. The Morgan fingerprint density at radius 1 is 1.24 bits per heavy atom. The fourth-order valence-electron chi connectivity index (χ4n) is 3.57. The summed E-state index contributed by atoms with van der Waals surface area (Å²) in [5.41, 5.74) is 2.44. The fourth-order valence-corrected chi connectivity index (χ4v) is 3.57. The van der Waals surface area contributed by atoms with Crippen molar-refractivity contribution in [2.45, 2.75) is 45.6 Å². The van der Waals surface area contributed by atoms with E-state index in [1.54, 1.807) is 0 Å². The smallest absolute Gasteiger partial charge is 0.234 e. The second-order valence-corrected chi connectivity index (χ2v) is 7.20. The molecule has 0 saturated carbocycles. The van der Waals surface area contributed by atoms with E-state index in [1.807, 2.05) is 13.0 Å². The van der Waals surface area contributed by atoms with Crippen LogP contribution in [0.15, 0.2) is 22.2 Å². The van der Waals surface area contributed by atoms with Crippen LogP contribution in [-0.2, 0) is 11.3 Å². The van der Waals surface area contributed by atoms with Crippen molar-refractivity contribution in [2.24, 2.45) is 0 Å². The van der Waals surface area contributed by atoms with Gasteiger partial charge in [-0.05, 0) is 39.0 Å². The highest BCUT2D eigenvalue weighted by atomic mass is 16.5. The lowest BCUT2D eigenvalue weighted by Gasteiger charge is -2.33. The Balaban J connectivity index is 1.30. The standard InChI is InChI=1S/C19H30N4O2/c1-16-13-18(25-21-16)14-22-9-11-23(12-10-22)15-19(24)20-8-7-17-5-3-2-4-6-17/h5,13H,2-4,6-12,14-15H2,1H3,(H,20,24). The quantitative estimate of drug-likeness (QED) is 0.766. The number of rotatable bonds is 7. The van der Waals surface area contributed by atoms with E-state index >= 15 is 0 Å². The molecule has 6 nitrogen and oxygen atoms in total. The van der Waals surface area contributed by atoms with E-state index in [0.29, 0.717) is 6.54 Å². The highest BCUT2D eigenvalue weighted by Gasteiger charge is 2.20. The van der Waals surface area contributed by atoms with Crippen molar-refractivity contribution in [3.05, 3.63) is 29.2 Å². The lowest BCUT2D eigenvalue weighted by atomic mass is 9.97. The first-order valence-corrected chi connectivity index (χ1v) is 9.50. The molecule has 1 saturated heterocycles. The van der Waals surface area contributed by atoms with Gasteiger partial charge >= 0.3 is 0 Å². The van der Waals surface area contributed by atoms with Gasteiger partial charge in [0.25, 0.3) is 0 Å². The van der Waals surface area contributed by atoms with Crippen molar-refractivity contribution in [3.63, 3.8) is 0 Å². The third kappa shape index (κ3) is 5.97. The van der Waals surface area contributed by atoms with Crippen LogP contribution in [0.4, 0.5) is 0 Å². The largest absolute Gasteiger partial charge is 0.360 e. The normalized spacial score (nSPS) is 19.6. The number of carbonyl (C=O) groups excluding carboxylic acids is 1. The van der Waals surface area contributed by atoms with Crippen molar-refractivity contribution >= 4 is 5.91 Å². The number of aromatic nitrogens is 1. The SMILES string of the molecule is Cc1cc(CN2CCN(CC(=O)NCCC3=CCCCC3)CC2)on1. The van der Waals surface area contributed by atoms with Gasteiger partial charge in [0.05, 0.1) is 18.8 Å². The first-order chi connectivity index (χ1) is 12.2. The van der Waals surface area contributed by atoms with E-state index in [-0.39, 0.29) is 5.91 Å². The topological polar surface area (TPSA) is 61.6 Å². The first kappa shape index (κ1) is 18.1. The van der Waals surface area contributed by atoms with E-state index in [1.165, 1.54) is 31.3 Å². The van der Waals surface area contributed by atoms with Crippen LogP contribution in [0.3, 0.4) is 0 Å². The van der Waals surface area contributed by atoms with Crippen LogP contribution >= 0.6 is 0 Å². The van der Waals surface area contributed by atoms with Crippen molar-refractivity contribution in [1.82, 2.24) is 20.3 Å². The minimum atomic E-state index is 0.149. The summed E-state index contributed by atoms with van der Waals surface area (Å²) in [5, 5.41) is 7.00. The molecule has 2 aliphatic rings. The molecule has 0 radical (unpaired) electrons. The Kier molecular flexibility index (Phi) is 6.64. The molecule has 1 aliphatic carbocycles. The molecule has 0 spiro atoms. The zero-order valence-electron chi connectivity index (χ0n) is 15.3. The third-order valence-corrected chi connectivity index (χ3v) is 5.04. The maximum atomic E-state index is 12.1. The molecule has 1 amide bonds. The number of piperazine rings is 1. The number of aryl methyl sites for hydroxylation is 1. The van der Waals surface area contributed by atoms with Crippen molar-refractivity contribution in [1.29, 1.82) is 0 Å². The second kappa shape index (κ2) is 9.15. The van der Waals surface area contributed by atoms with Crippen molar-refractivity contribution in [2.75, 3.05) is 39.3 Å². The number of nitrogens with zero attached hydrogens (tertiary/aromatic N) is 3. The number of allylic oxidation sites excluding steroid dienone is 1. The summed E-state index contributed by atoms with van der Waals surface area (Å²) in [4.78, 5) is 16.7. The van der Waals surface area contributed by atoms with E-state index in [9.17, 15) is 4.79 Å². The van der Waals surface area contributed by atoms with Gasteiger partial charge in [-0.1, -0.05) is 16.8 Å². The Bertz CT molecular complexity index is 588. The van der Waals surface area contributed by atoms with E-state index in [2.05, 4.69) is 26.3 Å². The number of amides is 1. The van der Waals surface area contributed by atoms with Gasteiger partial charge in [0.1, 0.15) is 0 Å². The average Bonchev–Trinajstić information content (AvgIpc) is 3.02. The highest BCUT2D eigenvalue weighted by molar-refractivity contribution is 5.78. The van der Waals surface area contributed by atoms with E-state index in [0.717, 1.165) is 57.1 Å². The summed E-state index contributed by atoms with van der Waals surface area (Å²) in [5.74, 6) is 1.07. The minimum Gasteiger partial charge on any atom is -0.360 e. The van der Waals surface area contributed by atoms with Gasteiger partial charge in [-0.2, -0.15) is 0 Å². The summed E-state index contributed by atoms with van der Waals surface area (Å²) in [6.45, 7) is 7.78. The maximum absolute atomic E-state index is 12.1. The molecule has 1 aromatic heterocycles. The second-order valence-electron chi connectivity index (χ2n) is 7.20. The monoisotopic (exact) mass is 346 g/mol. The van der Waals surface area contributed by atoms with E-state index < -0.39 is 0 Å². The molecule has 0 unspecified atom stereocenters. The predicted octanol–water partition coefficient (Wildman–Crippen LogP) is 2.11. The lowest BCUT2D eigenvalue weighted by Crippen LogP contribution is -2.49. The Hall–Kier alpha value is -1.66. The molecule has 1 fully saturated rings. The molecule has 1 aliphatic heterocycles. The molecule has 1 aromatic rings. The van der Waals surface area contributed by atoms with Crippen molar-refractivity contribution in [3.8, 4) is 0 Å². The third-order valence-electron chi connectivity index (χ3n) is 5.04. The first-order valence-electron chi connectivity index (χ1n) is 9.50. The molecule has 0 aromatic carbocycles. The van der Waals surface area contributed by atoms with Crippen LogP contribution in [0.1, 0.15) is 43.6 Å². The van der Waals surface area contributed by atoms with E-state index in [4.69, 9.17) is 4.52 Å². The summed E-state index contributed by atoms with van der Waals surface area (Å²) >= 11 is 0. The Morgan fingerprint density at radius 3 is 2.72 bits per heavy atom. The van der Waals surface area contributed by atoms with Gasteiger partial charge in [0.15, 0.2) is 5.76 Å². The van der Waals surface area contributed by atoms with Crippen molar-refractivity contribution < 1.29 is 9.32 Å². The Labute approximate surface area is 150 Å². The zero-order valence-corrected chi connectivity index (χ0v) is 15.3. The molecule has 138 valence electrons. The summed E-state index contributed by atoms with van der Waals surface area (Å²) in [6, 6.07) is 1.99. The Morgan fingerprint density at radius 2 is 2.04 bits per heavy atom. The molecule has 6 heteroatoms. The van der Waals surface area contributed by atoms with Gasteiger partial charge in [-0.15, -0.1) is 0 Å². The van der Waals surface area contributed by atoms with Crippen LogP contribution < -0.4 is 5.32 Å². The van der Waals surface area contributed by atoms with Gasteiger partial charge in [-0.3, -0.25) is 14.6 Å². The van der Waals surface area contributed by atoms with Crippen LogP contribution in [0.5, 0.6) is 0 Å². The summed E-state index contributed by atoms with van der Waals surface area (Å²) < 4.78 is 5.28. The average molecular weight is 346 g/mol. The van der Waals surface area contributed by atoms with Gasteiger partial charge in [-0.25, -0.2) is 0 Å². The van der Waals surface area contributed by atoms with Crippen LogP contribution in [0, 0.1) is 6.92 Å². The number of hydrogen-bond donors (Lipinski definition) is 1. The molecule has 2 heterocycles. The summed E-state index contributed by atoms with van der Waals surface area (Å²) in [7, 11) is 0. The zero-order chi connectivity index (χ0) is 17.5. The summed E-state index contributed by atoms with van der Waals surface area (Å²) in [6.07, 6.45) is 8.40. The number of hydrogen-bond acceptors (Lipinski definition) is 5. The number of nitrogens with one attached hydrogen (secondary N) is 1. The highest BCUT2D eigenvalue weighted by Crippen LogP contribution is 2.19. The molecule has 3 rings (SSSR count). The molecular formula is C19H30N4O2.